The molecule has 2 aromatic carbocycles. The van der Waals surface area contributed by atoms with Gasteiger partial charge in [-0.3, -0.25) is 9.78 Å². The topological polar surface area (TPSA) is 80.3 Å². The predicted octanol–water partition coefficient (Wildman–Crippen LogP) is 3.72. The number of aromatic nitrogens is 1. The minimum absolute atomic E-state index is 0.301. The highest BCUT2D eigenvalue weighted by atomic mass is 16.6. The molecule has 0 spiro atoms. The molecule has 1 unspecified atom stereocenters. The van der Waals surface area contributed by atoms with E-state index in [2.05, 4.69) is 15.6 Å². The summed E-state index contributed by atoms with van der Waals surface area (Å²) in [6, 6.07) is 17.3. The average Bonchev–Trinajstić information content (AvgIpc) is 2.85. The Morgan fingerprint density at radius 2 is 2.00 bits per heavy atom. The van der Waals surface area contributed by atoms with Crippen molar-refractivity contribution in [3.05, 3.63) is 71.4 Å². The maximum absolute atomic E-state index is 12.4. The number of hydrogen-bond acceptors (Lipinski definition) is 4. The number of benzene rings is 2. The zero-order chi connectivity index (χ0) is 19.5. The molecule has 3 aromatic rings. The summed E-state index contributed by atoms with van der Waals surface area (Å²) in [5.41, 5.74) is 4.54. The Morgan fingerprint density at radius 3 is 2.89 bits per heavy atom. The van der Waals surface area contributed by atoms with Crippen LogP contribution in [0.4, 0.5) is 10.5 Å². The maximum Gasteiger partial charge on any atom is 0.408 e. The molecule has 1 aromatic heterocycles. The van der Waals surface area contributed by atoms with Gasteiger partial charge in [0.15, 0.2) is 6.10 Å². The highest BCUT2D eigenvalue weighted by Crippen LogP contribution is 2.23. The van der Waals surface area contributed by atoms with E-state index in [0.717, 1.165) is 33.4 Å². The number of nitrogens with zero attached hydrogens (tertiary/aromatic N) is 1. The molecule has 28 heavy (non-hydrogen) atoms. The number of aryl methyl sites for hydroxylation is 2. The zero-order valence-electron chi connectivity index (χ0n) is 15.6. The third-order valence-corrected chi connectivity index (χ3v) is 4.85. The molecule has 0 radical (unpaired) electrons. The Labute approximate surface area is 162 Å². The summed E-state index contributed by atoms with van der Waals surface area (Å²) in [6.45, 7) is 2.22. The van der Waals surface area contributed by atoms with Crippen molar-refractivity contribution in [2.75, 3.05) is 5.32 Å². The van der Waals surface area contributed by atoms with E-state index in [1.807, 2.05) is 61.5 Å². The Balaban J connectivity index is 1.41. The SMILES string of the molecule is Cc1cc(CNC(=O)OC2CCc3ccccc3NC2=O)c2ccccc2n1. The van der Waals surface area contributed by atoms with Crippen molar-refractivity contribution in [1.29, 1.82) is 0 Å². The molecule has 6 nitrogen and oxygen atoms in total. The van der Waals surface area contributed by atoms with Crippen LogP contribution in [0.1, 0.15) is 23.2 Å². The van der Waals surface area contributed by atoms with E-state index >= 15 is 0 Å². The molecule has 6 heteroatoms. The lowest BCUT2D eigenvalue weighted by Gasteiger charge is -2.15. The van der Waals surface area contributed by atoms with Crippen LogP contribution in [0, 0.1) is 6.92 Å². The number of carbonyl (C=O) groups is 2. The molecule has 0 saturated heterocycles. The molecule has 0 bridgehead atoms. The van der Waals surface area contributed by atoms with E-state index in [9.17, 15) is 9.59 Å². The normalized spacial score (nSPS) is 16.0. The lowest BCUT2D eigenvalue weighted by atomic mass is 10.1. The van der Waals surface area contributed by atoms with Gasteiger partial charge in [0, 0.05) is 23.3 Å². The largest absolute Gasteiger partial charge is 0.436 e. The van der Waals surface area contributed by atoms with Gasteiger partial charge in [0.05, 0.1) is 5.52 Å². The number of hydrogen-bond donors (Lipinski definition) is 2. The molecule has 1 atom stereocenters. The summed E-state index contributed by atoms with van der Waals surface area (Å²) >= 11 is 0. The lowest BCUT2D eigenvalue weighted by Crippen LogP contribution is -2.35. The smallest absolute Gasteiger partial charge is 0.408 e. The maximum atomic E-state index is 12.4. The van der Waals surface area contributed by atoms with Crippen molar-refractivity contribution < 1.29 is 14.3 Å². The fraction of sp³-hybridized carbons (Fsp3) is 0.227. The van der Waals surface area contributed by atoms with E-state index < -0.39 is 12.2 Å². The third kappa shape index (κ3) is 3.81. The number of fused-ring (bicyclic) bond motifs is 2. The van der Waals surface area contributed by atoms with Crippen LogP contribution < -0.4 is 10.6 Å². The fourth-order valence-electron chi connectivity index (χ4n) is 3.48. The second-order valence-corrected chi connectivity index (χ2v) is 6.87. The van der Waals surface area contributed by atoms with Crippen LogP contribution in [0.3, 0.4) is 0 Å². The van der Waals surface area contributed by atoms with E-state index in [1.54, 1.807) is 0 Å². The van der Waals surface area contributed by atoms with Gasteiger partial charge in [-0.25, -0.2) is 4.79 Å². The molecule has 0 aliphatic carbocycles. The molecule has 2 amide bonds. The zero-order valence-corrected chi connectivity index (χ0v) is 15.6. The number of nitrogens with one attached hydrogen (secondary N) is 2. The summed E-state index contributed by atoms with van der Waals surface area (Å²) in [4.78, 5) is 29.2. The van der Waals surface area contributed by atoms with E-state index in [1.165, 1.54) is 0 Å². The minimum atomic E-state index is -0.816. The number of ether oxygens (including phenoxy) is 1. The van der Waals surface area contributed by atoms with Crippen molar-refractivity contribution in [2.45, 2.75) is 32.4 Å². The monoisotopic (exact) mass is 375 g/mol. The average molecular weight is 375 g/mol. The van der Waals surface area contributed by atoms with Crippen LogP contribution in [0.15, 0.2) is 54.6 Å². The second kappa shape index (κ2) is 7.68. The number of rotatable bonds is 3. The summed E-state index contributed by atoms with van der Waals surface area (Å²) in [5.74, 6) is -0.301. The van der Waals surface area contributed by atoms with Crippen LogP contribution in [0.2, 0.25) is 0 Å². The summed E-state index contributed by atoms with van der Waals surface area (Å²) < 4.78 is 5.40. The number of carbonyl (C=O) groups excluding carboxylic acids is 2. The van der Waals surface area contributed by atoms with Crippen LogP contribution in [0.25, 0.3) is 10.9 Å². The molecular formula is C22H21N3O3. The minimum Gasteiger partial charge on any atom is -0.436 e. The molecule has 1 aliphatic rings. The van der Waals surface area contributed by atoms with Gasteiger partial charge in [-0.15, -0.1) is 0 Å². The predicted molar refractivity (Wildman–Crippen MR) is 107 cm³/mol. The van der Waals surface area contributed by atoms with Crippen molar-refractivity contribution in [2.24, 2.45) is 0 Å². The van der Waals surface area contributed by atoms with Gasteiger partial charge in [-0.1, -0.05) is 36.4 Å². The van der Waals surface area contributed by atoms with Gasteiger partial charge in [0.1, 0.15) is 0 Å². The van der Waals surface area contributed by atoms with E-state index in [4.69, 9.17) is 4.74 Å². The van der Waals surface area contributed by atoms with Gasteiger partial charge < -0.3 is 15.4 Å². The number of anilines is 1. The Kier molecular flexibility index (Phi) is 4.93. The molecule has 1 aliphatic heterocycles. The van der Waals surface area contributed by atoms with Crippen LogP contribution in [-0.2, 0) is 22.5 Å². The Morgan fingerprint density at radius 1 is 1.21 bits per heavy atom. The Bertz CT molecular complexity index is 1050. The molecule has 2 heterocycles. The second-order valence-electron chi connectivity index (χ2n) is 6.87. The summed E-state index contributed by atoms with van der Waals surface area (Å²) in [6.07, 6.45) is -0.304. The molecule has 2 N–H and O–H groups in total. The number of para-hydroxylation sites is 2. The summed E-state index contributed by atoms with van der Waals surface area (Å²) in [7, 11) is 0. The number of pyridine rings is 1. The first kappa shape index (κ1) is 18.0. The molecule has 0 saturated carbocycles. The standard InChI is InChI=1S/C22H21N3O3/c1-14-12-16(17-7-3-5-9-19(17)24-14)13-23-22(27)28-20-11-10-15-6-2-4-8-18(15)25-21(20)26/h2-9,12,20H,10-11,13H2,1H3,(H,23,27)(H,25,26). The van der Waals surface area contributed by atoms with Crippen molar-refractivity contribution in [3.63, 3.8) is 0 Å². The first-order valence-electron chi connectivity index (χ1n) is 9.28. The van der Waals surface area contributed by atoms with E-state index in [-0.39, 0.29) is 5.91 Å². The molecular weight excluding hydrogens is 354 g/mol. The molecule has 142 valence electrons. The van der Waals surface area contributed by atoms with E-state index in [0.29, 0.717) is 19.4 Å². The highest BCUT2D eigenvalue weighted by molar-refractivity contribution is 5.96. The quantitative estimate of drug-likeness (QED) is 0.731. The van der Waals surface area contributed by atoms with Crippen LogP contribution in [0.5, 0.6) is 0 Å². The van der Waals surface area contributed by atoms with Gasteiger partial charge in [0.2, 0.25) is 0 Å². The molecule has 4 rings (SSSR count). The van der Waals surface area contributed by atoms with Crippen LogP contribution in [-0.4, -0.2) is 23.1 Å². The first-order valence-corrected chi connectivity index (χ1v) is 9.28. The lowest BCUT2D eigenvalue weighted by molar-refractivity contribution is -0.124. The van der Waals surface area contributed by atoms with Gasteiger partial charge in [-0.05, 0) is 49.1 Å². The fourth-order valence-corrected chi connectivity index (χ4v) is 3.48. The van der Waals surface area contributed by atoms with Crippen LogP contribution >= 0.6 is 0 Å². The van der Waals surface area contributed by atoms with Gasteiger partial charge in [0.25, 0.3) is 5.91 Å². The highest BCUT2D eigenvalue weighted by Gasteiger charge is 2.26. The van der Waals surface area contributed by atoms with Crippen molar-refractivity contribution >= 4 is 28.6 Å². The summed E-state index contributed by atoms with van der Waals surface area (Å²) in [5, 5.41) is 6.57. The van der Waals surface area contributed by atoms with Crippen molar-refractivity contribution in [3.8, 4) is 0 Å². The first-order chi connectivity index (χ1) is 13.6. The number of amides is 2. The Hall–Kier alpha value is -3.41. The van der Waals surface area contributed by atoms with Crippen molar-refractivity contribution in [1.82, 2.24) is 10.3 Å². The molecule has 0 fully saturated rings. The number of alkyl carbamates (subject to hydrolysis) is 1. The van der Waals surface area contributed by atoms with Gasteiger partial charge in [-0.2, -0.15) is 0 Å². The third-order valence-electron chi connectivity index (χ3n) is 4.85. The van der Waals surface area contributed by atoms with Gasteiger partial charge >= 0.3 is 6.09 Å².